The van der Waals surface area contributed by atoms with Crippen LogP contribution in [-0.2, 0) is 0 Å². The number of rotatable bonds is 3. The quantitative estimate of drug-likeness (QED) is 0.802. The van der Waals surface area contributed by atoms with Crippen molar-refractivity contribution in [1.29, 1.82) is 0 Å². The van der Waals surface area contributed by atoms with E-state index in [1.807, 2.05) is 24.5 Å². The van der Waals surface area contributed by atoms with Crippen LogP contribution in [0.3, 0.4) is 0 Å². The maximum atomic E-state index is 5.58. The normalized spacial score (nSPS) is 10.4. The van der Waals surface area contributed by atoms with Crippen molar-refractivity contribution in [3.8, 4) is 17.0 Å². The lowest BCUT2D eigenvalue weighted by molar-refractivity contribution is 0.415. The molecule has 1 aromatic carbocycles. The topological polar surface area (TPSA) is 63.9 Å². The van der Waals surface area contributed by atoms with Crippen LogP contribution in [0, 0.1) is 0 Å². The molecule has 0 atom stereocenters. The predicted octanol–water partition coefficient (Wildman–Crippen LogP) is 2.39. The Kier molecular flexibility index (Phi) is 3.05. The number of nitrogens with zero attached hydrogens (tertiary/aromatic N) is 1. The number of thioether (sulfide) groups is 1. The molecule has 0 fully saturated rings. The van der Waals surface area contributed by atoms with Gasteiger partial charge in [0, 0.05) is 16.5 Å². The lowest BCUT2D eigenvalue weighted by Crippen LogP contribution is -1.88. The molecule has 0 unspecified atom stereocenters. The van der Waals surface area contributed by atoms with Crippen molar-refractivity contribution in [1.82, 2.24) is 10.2 Å². The van der Waals surface area contributed by atoms with E-state index in [-0.39, 0.29) is 0 Å². The van der Waals surface area contributed by atoms with Crippen LogP contribution in [0.4, 0.5) is 5.82 Å². The Balaban J connectivity index is 2.48. The lowest BCUT2D eigenvalue weighted by atomic mass is 10.1. The molecule has 16 heavy (non-hydrogen) atoms. The van der Waals surface area contributed by atoms with E-state index in [2.05, 4.69) is 10.2 Å². The molecule has 0 amide bonds. The zero-order valence-corrected chi connectivity index (χ0v) is 9.97. The molecular weight excluding hydrogens is 222 g/mol. The van der Waals surface area contributed by atoms with E-state index in [0.717, 1.165) is 21.9 Å². The third kappa shape index (κ3) is 1.99. The number of anilines is 1. The first kappa shape index (κ1) is 10.9. The van der Waals surface area contributed by atoms with Gasteiger partial charge in [0.05, 0.1) is 12.8 Å². The molecule has 0 radical (unpaired) electrons. The summed E-state index contributed by atoms with van der Waals surface area (Å²) < 4.78 is 5.35. The Morgan fingerprint density at radius 2 is 2.19 bits per heavy atom. The van der Waals surface area contributed by atoms with Crippen molar-refractivity contribution >= 4 is 17.6 Å². The highest BCUT2D eigenvalue weighted by atomic mass is 32.2. The second kappa shape index (κ2) is 4.49. The Morgan fingerprint density at radius 3 is 2.75 bits per heavy atom. The van der Waals surface area contributed by atoms with Gasteiger partial charge < -0.3 is 10.5 Å². The van der Waals surface area contributed by atoms with Gasteiger partial charge in [0.1, 0.15) is 11.6 Å². The maximum absolute atomic E-state index is 5.58. The van der Waals surface area contributed by atoms with Gasteiger partial charge >= 0.3 is 0 Å². The van der Waals surface area contributed by atoms with Gasteiger partial charge in [-0.05, 0) is 24.5 Å². The van der Waals surface area contributed by atoms with E-state index in [9.17, 15) is 0 Å². The maximum Gasteiger partial charge on any atom is 0.145 e. The number of methoxy groups -OCH3 is 1. The Morgan fingerprint density at radius 1 is 1.38 bits per heavy atom. The molecule has 1 aromatic heterocycles. The summed E-state index contributed by atoms with van der Waals surface area (Å²) in [5, 5.41) is 6.78. The molecule has 3 N–H and O–H groups in total. The molecule has 84 valence electrons. The minimum atomic E-state index is 0.478. The molecule has 1 heterocycles. The molecular formula is C11H13N3OS. The van der Waals surface area contributed by atoms with Crippen LogP contribution >= 0.6 is 11.8 Å². The van der Waals surface area contributed by atoms with Crippen molar-refractivity contribution in [2.24, 2.45) is 0 Å². The molecule has 0 aliphatic carbocycles. The summed E-state index contributed by atoms with van der Waals surface area (Å²) in [6.07, 6.45) is 2.03. The second-order valence-electron chi connectivity index (χ2n) is 3.27. The number of benzene rings is 1. The van der Waals surface area contributed by atoms with Crippen molar-refractivity contribution < 1.29 is 4.74 Å². The fraction of sp³-hybridized carbons (Fsp3) is 0.182. The highest BCUT2D eigenvalue weighted by Gasteiger charge is 2.08. The van der Waals surface area contributed by atoms with Gasteiger partial charge in [-0.25, -0.2) is 0 Å². The van der Waals surface area contributed by atoms with E-state index in [0.29, 0.717) is 5.82 Å². The molecule has 2 aromatic rings. The van der Waals surface area contributed by atoms with Crippen LogP contribution in [0.25, 0.3) is 11.3 Å². The Hall–Kier alpha value is -1.62. The molecule has 0 aliphatic rings. The van der Waals surface area contributed by atoms with Crippen LogP contribution in [0.2, 0.25) is 0 Å². The smallest absolute Gasteiger partial charge is 0.145 e. The number of aromatic nitrogens is 2. The fourth-order valence-corrected chi connectivity index (χ4v) is 1.93. The van der Waals surface area contributed by atoms with Crippen molar-refractivity contribution in [3.05, 3.63) is 24.3 Å². The standard InChI is InChI=1S/C11H13N3OS/c1-15-10-5-7(16-2)3-4-8(10)9-6-11(12)14-13-9/h3-6H,1-2H3,(H3,12,13,14). The number of nitrogens with two attached hydrogens (primary N) is 1. The van der Waals surface area contributed by atoms with Gasteiger partial charge in [0.25, 0.3) is 0 Å². The third-order valence-corrected chi connectivity index (χ3v) is 3.02. The molecule has 0 bridgehead atoms. The second-order valence-corrected chi connectivity index (χ2v) is 4.15. The zero-order valence-electron chi connectivity index (χ0n) is 9.15. The average molecular weight is 235 g/mol. The summed E-state index contributed by atoms with van der Waals surface area (Å²) in [6.45, 7) is 0. The van der Waals surface area contributed by atoms with Crippen LogP contribution in [0.15, 0.2) is 29.2 Å². The number of hydrogen-bond acceptors (Lipinski definition) is 4. The SMILES string of the molecule is COc1cc(SC)ccc1-c1cc(N)n[nH]1. The monoisotopic (exact) mass is 235 g/mol. The van der Waals surface area contributed by atoms with Crippen LogP contribution < -0.4 is 10.5 Å². The number of aromatic amines is 1. The fourth-order valence-electron chi connectivity index (χ4n) is 1.50. The average Bonchev–Trinajstić information content (AvgIpc) is 2.74. The molecule has 2 rings (SSSR count). The summed E-state index contributed by atoms with van der Waals surface area (Å²) in [5.74, 6) is 1.29. The van der Waals surface area contributed by atoms with Gasteiger partial charge in [-0.1, -0.05) is 0 Å². The molecule has 0 saturated heterocycles. The minimum Gasteiger partial charge on any atom is -0.496 e. The van der Waals surface area contributed by atoms with E-state index in [1.54, 1.807) is 24.9 Å². The first-order valence-corrected chi connectivity index (χ1v) is 6.00. The van der Waals surface area contributed by atoms with Gasteiger partial charge in [-0.2, -0.15) is 5.10 Å². The largest absolute Gasteiger partial charge is 0.496 e. The van der Waals surface area contributed by atoms with Gasteiger partial charge in [0.15, 0.2) is 0 Å². The highest BCUT2D eigenvalue weighted by molar-refractivity contribution is 7.98. The summed E-state index contributed by atoms with van der Waals surface area (Å²) in [4.78, 5) is 1.16. The molecule has 0 spiro atoms. The number of nitrogen functional groups attached to an aromatic ring is 1. The van der Waals surface area contributed by atoms with Crippen LogP contribution in [0.1, 0.15) is 0 Å². The summed E-state index contributed by atoms with van der Waals surface area (Å²) in [6, 6.07) is 7.82. The summed E-state index contributed by atoms with van der Waals surface area (Å²) >= 11 is 1.68. The molecule has 0 aliphatic heterocycles. The van der Waals surface area contributed by atoms with Gasteiger partial charge in [0.2, 0.25) is 0 Å². The number of ether oxygens (including phenoxy) is 1. The molecule has 4 nitrogen and oxygen atoms in total. The van der Waals surface area contributed by atoms with E-state index >= 15 is 0 Å². The third-order valence-electron chi connectivity index (χ3n) is 2.30. The van der Waals surface area contributed by atoms with Crippen molar-refractivity contribution in [3.63, 3.8) is 0 Å². The first-order valence-electron chi connectivity index (χ1n) is 4.78. The van der Waals surface area contributed by atoms with Gasteiger partial charge in [-0.3, -0.25) is 5.10 Å². The summed E-state index contributed by atoms with van der Waals surface area (Å²) in [5.41, 5.74) is 7.40. The molecule has 0 saturated carbocycles. The zero-order chi connectivity index (χ0) is 11.5. The van der Waals surface area contributed by atoms with Gasteiger partial charge in [-0.15, -0.1) is 11.8 Å². The molecule has 5 heteroatoms. The first-order chi connectivity index (χ1) is 7.74. The van der Waals surface area contributed by atoms with E-state index in [1.165, 1.54) is 0 Å². The van der Waals surface area contributed by atoms with Crippen molar-refractivity contribution in [2.45, 2.75) is 4.90 Å². The number of H-pyrrole nitrogens is 1. The Labute approximate surface area is 98.2 Å². The number of hydrogen-bond donors (Lipinski definition) is 2. The van der Waals surface area contributed by atoms with Crippen LogP contribution in [0.5, 0.6) is 5.75 Å². The highest BCUT2D eigenvalue weighted by Crippen LogP contribution is 2.32. The van der Waals surface area contributed by atoms with Crippen molar-refractivity contribution in [2.75, 3.05) is 19.1 Å². The number of nitrogens with one attached hydrogen (secondary N) is 1. The lowest BCUT2D eigenvalue weighted by Gasteiger charge is -2.07. The van der Waals surface area contributed by atoms with Crippen LogP contribution in [-0.4, -0.2) is 23.6 Å². The van der Waals surface area contributed by atoms with E-state index < -0.39 is 0 Å². The predicted molar refractivity (Wildman–Crippen MR) is 66.8 cm³/mol. The minimum absolute atomic E-state index is 0.478. The van der Waals surface area contributed by atoms with E-state index in [4.69, 9.17) is 10.5 Å². The Bertz CT molecular complexity index is 496. The summed E-state index contributed by atoms with van der Waals surface area (Å²) in [7, 11) is 1.66.